The van der Waals surface area contributed by atoms with Gasteiger partial charge in [0.2, 0.25) is 6.10 Å². The minimum Gasteiger partial charge on any atom is -0.362 e. The molecule has 29 heavy (non-hydrogen) atoms. The van der Waals surface area contributed by atoms with Crippen LogP contribution in [0.25, 0.3) is 0 Å². The van der Waals surface area contributed by atoms with Gasteiger partial charge >= 0.3 is 0 Å². The number of amides is 2. The number of aliphatic imine (C=N–C) groups is 1. The highest BCUT2D eigenvalue weighted by Gasteiger charge is 2.25. The number of hydrogen-bond donors (Lipinski definition) is 6. The van der Waals surface area contributed by atoms with Crippen LogP contribution in [0.4, 0.5) is 0 Å². The molecule has 170 valence electrons. The lowest BCUT2D eigenvalue weighted by Gasteiger charge is -2.15. The number of carbonyl (C=O) groups excluding carboxylic acids is 2. The lowest BCUT2D eigenvalue weighted by atomic mass is 10.2. The second-order valence-corrected chi connectivity index (χ2v) is 7.04. The highest BCUT2D eigenvalue weighted by Crippen LogP contribution is 1.99. The predicted octanol–water partition coefficient (Wildman–Crippen LogP) is -0.607. The first kappa shape index (κ1) is 27.2. The molecule has 0 saturated carbocycles. The molecule has 10 nitrogen and oxygen atoms in total. The fourth-order valence-electron chi connectivity index (χ4n) is 2.57. The number of unbranched alkanes of at least 4 members (excludes halogenated alkanes) is 4. The number of nitrogens with two attached hydrogens (primary N) is 2. The van der Waals surface area contributed by atoms with Crippen molar-refractivity contribution in [2.24, 2.45) is 16.6 Å². The molecule has 0 fully saturated rings. The van der Waals surface area contributed by atoms with Crippen LogP contribution in [0.3, 0.4) is 0 Å². The summed E-state index contributed by atoms with van der Waals surface area (Å²) in [7, 11) is 1.36. The van der Waals surface area contributed by atoms with Gasteiger partial charge < -0.3 is 31.8 Å². The van der Waals surface area contributed by atoms with Crippen molar-refractivity contribution < 1.29 is 14.3 Å². The summed E-state index contributed by atoms with van der Waals surface area (Å²) in [6, 6.07) is 0.206. The molecule has 0 aliphatic rings. The van der Waals surface area contributed by atoms with Crippen molar-refractivity contribution in [3.05, 3.63) is 0 Å². The van der Waals surface area contributed by atoms with Crippen molar-refractivity contribution >= 4 is 18.2 Å². The molecular formula is C19H41N7O3. The van der Waals surface area contributed by atoms with E-state index in [9.17, 15) is 9.59 Å². The number of nitrogens with one attached hydrogen (secondary N) is 4. The molecule has 0 saturated heterocycles. The molecule has 0 spiro atoms. The van der Waals surface area contributed by atoms with E-state index in [2.05, 4.69) is 26.4 Å². The molecule has 0 aliphatic carbocycles. The number of nitrogens with zero attached hydrogens (tertiary/aromatic N) is 1. The Morgan fingerprint density at radius 2 is 1.55 bits per heavy atom. The Bertz CT molecular complexity index is 448. The second kappa shape index (κ2) is 19.6. The third kappa shape index (κ3) is 16.9. The first-order chi connectivity index (χ1) is 14.0. The van der Waals surface area contributed by atoms with Crippen LogP contribution in [0, 0.1) is 0 Å². The number of hydrogen-bond acceptors (Lipinski definition) is 7. The summed E-state index contributed by atoms with van der Waals surface area (Å²) < 4.78 is 5.06. The van der Waals surface area contributed by atoms with E-state index < -0.39 is 17.9 Å². The van der Waals surface area contributed by atoms with Crippen LogP contribution in [0.1, 0.15) is 51.9 Å². The third-order valence-electron chi connectivity index (χ3n) is 4.25. The summed E-state index contributed by atoms with van der Waals surface area (Å²) in [5.74, 6) is 4.27. The van der Waals surface area contributed by atoms with E-state index in [1.54, 1.807) is 0 Å². The zero-order valence-electron chi connectivity index (χ0n) is 18.0. The van der Waals surface area contributed by atoms with Crippen molar-refractivity contribution in [3.63, 3.8) is 0 Å². The van der Waals surface area contributed by atoms with E-state index in [0.29, 0.717) is 13.1 Å². The van der Waals surface area contributed by atoms with Gasteiger partial charge in [-0.05, 0) is 52.1 Å². The monoisotopic (exact) mass is 415 g/mol. The molecule has 10 heteroatoms. The lowest BCUT2D eigenvalue weighted by molar-refractivity contribution is -0.143. The van der Waals surface area contributed by atoms with Gasteiger partial charge in [0.1, 0.15) is 0 Å². The molecule has 2 amide bonds. The molecule has 0 rings (SSSR count). The Balaban J connectivity index is 3.75. The van der Waals surface area contributed by atoms with Gasteiger partial charge in [-0.25, -0.2) is 5.84 Å². The molecule has 2 atom stereocenters. The van der Waals surface area contributed by atoms with Crippen molar-refractivity contribution in [2.75, 3.05) is 39.8 Å². The summed E-state index contributed by atoms with van der Waals surface area (Å²) in [4.78, 5) is 28.3. The summed E-state index contributed by atoms with van der Waals surface area (Å²) >= 11 is 0. The quantitative estimate of drug-likeness (QED) is 0.0410. The highest BCUT2D eigenvalue weighted by atomic mass is 16.5. The summed E-state index contributed by atoms with van der Waals surface area (Å²) in [5.41, 5.74) is 8.04. The summed E-state index contributed by atoms with van der Waals surface area (Å²) in [6.45, 7) is 5.53. The number of carbonyl (C=O) groups is 2. The van der Waals surface area contributed by atoms with Crippen LogP contribution in [0.5, 0.6) is 0 Å². The SMILES string of the molecule is COC(C(=O)NCCCCCCN=CNN)C(=O)NCCCCNCCC(C)N. The van der Waals surface area contributed by atoms with Gasteiger partial charge in [0.05, 0.1) is 6.34 Å². The van der Waals surface area contributed by atoms with Crippen LogP contribution < -0.4 is 33.0 Å². The van der Waals surface area contributed by atoms with Gasteiger partial charge in [-0.3, -0.25) is 14.6 Å². The second-order valence-electron chi connectivity index (χ2n) is 7.04. The zero-order valence-corrected chi connectivity index (χ0v) is 18.0. The van der Waals surface area contributed by atoms with Gasteiger partial charge in [-0.1, -0.05) is 12.8 Å². The molecule has 0 aromatic rings. The standard InChI is InChI=1S/C19H41N7O3/c1-16(20)9-14-22-10-7-8-13-25-19(28)17(29-2)18(27)24-12-6-4-3-5-11-23-15-26-21/h15-17,22H,3-14,20-21H2,1-2H3,(H,23,26)(H,24,27)(H,25,28). The van der Waals surface area contributed by atoms with Gasteiger partial charge in [0.25, 0.3) is 11.8 Å². The van der Waals surface area contributed by atoms with Crippen LogP contribution in [0.15, 0.2) is 4.99 Å². The average molecular weight is 416 g/mol. The Kier molecular flexibility index (Phi) is 18.4. The smallest absolute Gasteiger partial charge is 0.258 e. The van der Waals surface area contributed by atoms with Gasteiger partial charge in [0, 0.05) is 32.8 Å². The molecular weight excluding hydrogens is 374 g/mol. The Labute approximate surface area is 174 Å². The van der Waals surface area contributed by atoms with Crippen molar-refractivity contribution in [1.82, 2.24) is 21.4 Å². The average Bonchev–Trinajstić information content (AvgIpc) is 2.69. The maximum absolute atomic E-state index is 12.1. The molecule has 0 aliphatic heterocycles. The molecule has 2 unspecified atom stereocenters. The van der Waals surface area contributed by atoms with Crippen molar-refractivity contribution in [1.29, 1.82) is 0 Å². The number of methoxy groups -OCH3 is 1. The first-order valence-corrected chi connectivity index (χ1v) is 10.5. The van der Waals surface area contributed by atoms with Gasteiger partial charge in [-0.2, -0.15) is 0 Å². The number of rotatable bonds is 19. The lowest BCUT2D eigenvalue weighted by Crippen LogP contribution is -2.47. The van der Waals surface area contributed by atoms with Crippen LogP contribution >= 0.6 is 0 Å². The predicted molar refractivity (Wildman–Crippen MR) is 116 cm³/mol. The number of ether oxygens (including phenoxy) is 1. The largest absolute Gasteiger partial charge is 0.362 e. The van der Waals surface area contributed by atoms with E-state index in [4.69, 9.17) is 16.3 Å². The van der Waals surface area contributed by atoms with E-state index in [1.165, 1.54) is 13.4 Å². The fourth-order valence-corrected chi connectivity index (χ4v) is 2.57. The molecule has 0 bridgehead atoms. The fraction of sp³-hybridized carbons (Fsp3) is 0.842. The molecule has 0 aromatic carbocycles. The van der Waals surface area contributed by atoms with Gasteiger partial charge in [-0.15, -0.1) is 0 Å². The molecule has 0 heterocycles. The van der Waals surface area contributed by atoms with E-state index in [-0.39, 0.29) is 6.04 Å². The van der Waals surface area contributed by atoms with E-state index in [0.717, 1.165) is 64.6 Å². The molecule has 8 N–H and O–H groups in total. The van der Waals surface area contributed by atoms with Crippen LogP contribution in [-0.4, -0.2) is 70.1 Å². The topological polar surface area (TPSA) is 156 Å². The van der Waals surface area contributed by atoms with Crippen molar-refractivity contribution in [3.8, 4) is 0 Å². The van der Waals surface area contributed by atoms with Crippen LogP contribution in [-0.2, 0) is 14.3 Å². The Hall–Kier alpha value is -1.75. The summed E-state index contributed by atoms with van der Waals surface area (Å²) in [6.07, 6.45) is 6.89. The maximum Gasteiger partial charge on any atom is 0.258 e. The third-order valence-corrected chi connectivity index (χ3v) is 4.25. The van der Waals surface area contributed by atoms with E-state index >= 15 is 0 Å². The van der Waals surface area contributed by atoms with E-state index in [1.807, 2.05) is 6.92 Å². The number of hydrazine groups is 1. The molecule has 0 aromatic heterocycles. The highest BCUT2D eigenvalue weighted by molar-refractivity contribution is 6.03. The maximum atomic E-state index is 12.1. The Morgan fingerprint density at radius 1 is 0.966 bits per heavy atom. The first-order valence-electron chi connectivity index (χ1n) is 10.5. The zero-order chi connectivity index (χ0) is 21.7. The van der Waals surface area contributed by atoms with Gasteiger partial charge in [0.15, 0.2) is 0 Å². The minimum atomic E-state index is -1.11. The summed E-state index contributed by atoms with van der Waals surface area (Å²) in [5, 5.41) is 8.83. The Morgan fingerprint density at radius 3 is 2.14 bits per heavy atom. The van der Waals surface area contributed by atoms with Crippen molar-refractivity contribution in [2.45, 2.75) is 64.0 Å². The normalized spacial score (nSPS) is 13.2. The minimum absolute atomic E-state index is 0.206. The molecule has 0 radical (unpaired) electrons. The van der Waals surface area contributed by atoms with Crippen LogP contribution in [0.2, 0.25) is 0 Å².